The number of amides is 1. The van der Waals surface area contributed by atoms with Gasteiger partial charge in [0.05, 0.1) is 0 Å². The molecular weight excluding hydrogens is 268 g/mol. The second kappa shape index (κ2) is 8.32. The topological polar surface area (TPSA) is 55.1 Å². The van der Waals surface area contributed by atoms with Crippen molar-refractivity contribution in [2.24, 2.45) is 11.7 Å². The SMILES string of the molecule is CCNC(CSCC(C)CC)(C(N)=O)c1ccccc1. The summed E-state index contributed by atoms with van der Waals surface area (Å²) in [7, 11) is 0. The molecule has 0 aliphatic rings. The number of nitrogens with one attached hydrogen (secondary N) is 1. The maximum atomic E-state index is 12.1. The molecule has 2 unspecified atom stereocenters. The van der Waals surface area contributed by atoms with Gasteiger partial charge in [-0.1, -0.05) is 57.5 Å². The lowest BCUT2D eigenvalue weighted by Gasteiger charge is -2.32. The minimum absolute atomic E-state index is 0.304. The van der Waals surface area contributed by atoms with Gasteiger partial charge in [0, 0.05) is 5.75 Å². The van der Waals surface area contributed by atoms with Crippen molar-refractivity contribution >= 4 is 17.7 Å². The van der Waals surface area contributed by atoms with Gasteiger partial charge in [-0.05, 0) is 23.8 Å². The van der Waals surface area contributed by atoms with Gasteiger partial charge in [-0.3, -0.25) is 10.1 Å². The highest BCUT2D eigenvalue weighted by Crippen LogP contribution is 2.27. The third kappa shape index (κ3) is 4.25. The lowest BCUT2D eigenvalue weighted by Crippen LogP contribution is -2.54. The Bertz CT molecular complexity index is 410. The molecule has 0 heterocycles. The fraction of sp³-hybridized carbons (Fsp3) is 0.562. The molecule has 0 fully saturated rings. The van der Waals surface area contributed by atoms with Crippen LogP contribution in [0.2, 0.25) is 0 Å². The normalized spacial score (nSPS) is 15.6. The molecule has 2 atom stereocenters. The van der Waals surface area contributed by atoms with E-state index in [1.165, 1.54) is 0 Å². The molecule has 3 nitrogen and oxygen atoms in total. The van der Waals surface area contributed by atoms with E-state index in [4.69, 9.17) is 5.73 Å². The van der Waals surface area contributed by atoms with Crippen LogP contribution in [0.25, 0.3) is 0 Å². The highest BCUT2D eigenvalue weighted by molar-refractivity contribution is 7.99. The molecule has 20 heavy (non-hydrogen) atoms. The number of hydrogen-bond donors (Lipinski definition) is 2. The van der Waals surface area contributed by atoms with E-state index >= 15 is 0 Å². The molecule has 0 radical (unpaired) electrons. The number of rotatable bonds is 9. The number of hydrogen-bond acceptors (Lipinski definition) is 3. The summed E-state index contributed by atoms with van der Waals surface area (Å²) in [5, 5.41) is 3.31. The van der Waals surface area contributed by atoms with Crippen LogP contribution in [0.1, 0.15) is 32.8 Å². The van der Waals surface area contributed by atoms with Gasteiger partial charge in [0.15, 0.2) is 0 Å². The van der Waals surface area contributed by atoms with E-state index in [2.05, 4.69) is 19.2 Å². The van der Waals surface area contributed by atoms with Gasteiger partial charge in [0.1, 0.15) is 5.54 Å². The van der Waals surface area contributed by atoms with E-state index in [1.807, 2.05) is 37.3 Å². The molecule has 0 spiro atoms. The number of primary amides is 1. The summed E-state index contributed by atoms with van der Waals surface area (Å²) in [5.74, 6) is 2.07. The average molecular weight is 294 g/mol. The summed E-state index contributed by atoms with van der Waals surface area (Å²) < 4.78 is 0. The fourth-order valence-corrected chi connectivity index (χ4v) is 3.57. The Morgan fingerprint density at radius 2 is 2.00 bits per heavy atom. The molecule has 1 amide bonds. The first-order valence-corrected chi connectivity index (χ1v) is 8.40. The van der Waals surface area contributed by atoms with Crippen LogP contribution in [0.5, 0.6) is 0 Å². The minimum Gasteiger partial charge on any atom is -0.368 e. The fourth-order valence-electron chi connectivity index (χ4n) is 2.09. The van der Waals surface area contributed by atoms with Crippen molar-refractivity contribution in [2.75, 3.05) is 18.1 Å². The van der Waals surface area contributed by atoms with Crippen molar-refractivity contribution in [1.82, 2.24) is 5.32 Å². The van der Waals surface area contributed by atoms with Crippen LogP contribution >= 0.6 is 11.8 Å². The van der Waals surface area contributed by atoms with Gasteiger partial charge in [-0.15, -0.1) is 0 Å². The summed E-state index contributed by atoms with van der Waals surface area (Å²) in [6, 6.07) is 9.79. The van der Waals surface area contributed by atoms with Crippen LogP contribution in [0, 0.1) is 5.92 Å². The van der Waals surface area contributed by atoms with E-state index < -0.39 is 5.54 Å². The summed E-state index contributed by atoms with van der Waals surface area (Å²) >= 11 is 1.79. The number of carbonyl (C=O) groups is 1. The van der Waals surface area contributed by atoms with Gasteiger partial charge in [-0.2, -0.15) is 11.8 Å². The van der Waals surface area contributed by atoms with Crippen molar-refractivity contribution in [2.45, 2.75) is 32.7 Å². The van der Waals surface area contributed by atoms with Gasteiger partial charge in [0.25, 0.3) is 0 Å². The first-order chi connectivity index (χ1) is 9.56. The molecule has 112 valence electrons. The Morgan fingerprint density at radius 1 is 1.35 bits per heavy atom. The summed E-state index contributed by atoms with van der Waals surface area (Å²) in [4.78, 5) is 12.1. The monoisotopic (exact) mass is 294 g/mol. The van der Waals surface area contributed by atoms with Crippen molar-refractivity contribution in [3.05, 3.63) is 35.9 Å². The summed E-state index contributed by atoms with van der Waals surface area (Å²) in [6.07, 6.45) is 1.16. The zero-order valence-electron chi connectivity index (χ0n) is 12.7. The molecule has 1 aromatic rings. The Balaban J connectivity index is 2.92. The second-order valence-electron chi connectivity index (χ2n) is 5.19. The van der Waals surface area contributed by atoms with Gasteiger partial charge < -0.3 is 5.73 Å². The quantitative estimate of drug-likeness (QED) is 0.736. The zero-order valence-corrected chi connectivity index (χ0v) is 13.5. The molecule has 4 heteroatoms. The number of likely N-dealkylation sites (N-methyl/N-ethyl adjacent to an activating group) is 1. The molecule has 3 N–H and O–H groups in total. The van der Waals surface area contributed by atoms with E-state index in [0.29, 0.717) is 18.2 Å². The smallest absolute Gasteiger partial charge is 0.243 e. The third-order valence-corrected chi connectivity index (χ3v) is 5.03. The van der Waals surface area contributed by atoms with Crippen LogP contribution in [-0.2, 0) is 10.3 Å². The zero-order chi connectivity index (χ0) is 15.0. The number of thioether (sulfide) groups is 1. The highest BCUT2D eigenvalue weighted by Gasteiger charge is 2.37. The van der Waals surface area contributed by atoms with Crippen molar-refractivity contribution in [3.63, 3.8) is 0 Å². The lowest BCUT2D eigenvalue weighted by atomic mass is 9.91. The van der Waals surface area contributed by atoms with Crippen LogP contribution in [0.4, 0.5) is 0 Å². The maximum absolute atomic E-state index is 12.1. The van der Waals surface area contributed by atoms with Gasteiger partial charge >= 0.3 is 0 Å². The molecule has 0 bridgehead atoms. The predicted molar refractivity (Wildman–Crippen MR) is 87.8 cm³/mol. The van der Waals surface area contributed by atoms with E-state index in [-0.39, 0.29) is 5.91 Å². The van der Waals surface area contributed by atoms with Crippen LogP contribution in [-0.4, -0.2) is 24.0 Å². The highest BCUT2D eigenvalue weighted by atomic mass is 32.2. The standard InChI is InChI=1S/C16H26N2OS/c1-4-13(3)11-20-12-16(15(17)19,18-5-2)14-9-7-6-8-10-14/h6-10,13,18H,4-5,11-12H2,1-3H3,(H2,17,19). The van der Waals surface area contributed by atoms with Gasteiger partial charge in [0.2, 0.25) is 5.91 Å². The summed E-state index contributed by atoms with van der Waals surface area (Å²) in [6.45, 7) is 7.13. The third-order valence-electron chi connectivity index (χ3n) is 3.58. The molecule has 0 aliphatic heterocycles. The minimum atomic E-state index is -0.770. The Hall–Kier alpha value is -1.00. The molecule has 1 aromatic carbocycles. The largest absolute Gasteiger partial charge is 0.368 e. The molecule has 0 saturated heterocycles. The first kappa shape index (κ1) is 17.1. The number of nitrogens with two attached hydrogens (primary N) is 1. The number of carbonyl (C=O) groups excluding carboxylic acids is 1. The molecule has 0 aromatic heterocycles. The van der Waals surface area contributed by atoms with Gasteiger partial charge in [-0.25, -0.2) is 0 Å². The van der Waals surface area contributed by atoms with Crippen molar-refractivity contribution in [3.8, 4) is 0 Å². The van der Waals surface area contributed by atoms with Crippen LogP contribution in [0.3, 0.4) is 0 Å². The summed E-state index contributed by atoms with van der Waals surface area (Å²) in [5.41, 5.74) is 5.90. The predicted octanol–water partition coefficient (Wildman–Crippen LogP) is 2.76. The van der Waals surface area contributed by atoms with Crippen LogP contribution in [0.15, 0.2) is 30.3 Å². The Labute approximate surface area is 126 Å². The first-order valence-electron chi connectivity index (χ1n) is 7.25. The lowest BCUT2D eigenvalue weighted by molar-refractivity contribution is -0.123. The van der Waals surface area contributed by atoms with Crippen molar-refractivity contribution in [1.29, 1.82) is 0 Å². The van der Waals surface area contributed by atoms with Crippen molar-refractivity contribution < 1.29 is 4.79 Å². The molecular formula is C16H26N2OS. The second-order valence-corrected chi connectivity index (χ2v) is 6.22. The average Bonchev–Trinajstić information content (AvgIpc) is 2.46. The molecule has 0 aliphatic carbocycles. The molecule has 0 saturated carbocycles. The Morgan fingerprint density at radius 3 is 2.50 bits per heavy atom. The van der Waals surface area contributed by atoms with E-state index in [1.54, 1.807) is 11.8 Å². The maximum Gasteiger partial charge on any atom is 0.243 e. The molecule has 1 rings (SSSR count). The van der Waals surface area contributed by atoms with E-state index in [0.717, 1.165) is 17.7 Å². The Kier molecular flexibility index (Phi) is 7.10. The van der Waals surface area contributed by atoms with Crippen LogP contribution < -0.4 is 11.1 Å². The number of benzene rings is 1. The van der Waals surface area contributed by atoms with E-state index in [9.17, 15) is 4.79 Å².